The zero-order chi connectivity index (χ0) is 15.3. The Balaban J connectivity index is 2.83. The van der Waals surface area contributed by atoms with Gasteiger partial charge in [0.1, 0.15) is 6.04 Å². The molecule has 7 heteroatoms. The van der Waals surface area contributed by atoms with Crippen molar-refractivity contribution < 1.29 is 19.5 Å². The molecule has 3 N–H and O–H groups in total. The number of nitrogens with one attached hydrogen (secondary N) is 2. The number of carboxylic acids is 1. The number of rotatable bonds is 5. The second kappa shape index (κ2) is 7.04. The maximum atomic E-state index is 11.8. The fourth-order valence-corrected chi connectivity index (χ4v) is 1.84. The molecule has 0 saturated carbocycles. The predicted octanol–water partition coefficient (Wildman–Crippen LogP) is 1.22. The Morgan fingerprint density at radius 3 is 2.15 bits per heavy atom. The molecule has 0 bridgehead atoms. The average molecular weight is 343 g/mol. The summed E-state index contributed by atoms with van der Waals surface area (Å²) in [4.78, 5) is 34.0. The van der Waals surface area contributed by atoms with E-state index in [9.17, 15) is 19.5 Å². The van der Waals surface area contributed by atoms with Crippen LogP contribution in [-0.2, 0) is 14.4 Å². The molecular weight excluding hydrogens is 328 g/mol. The molecule has 0 aliphatic carbocycles. The van der Waals surface area contributed by atoms with E-state index in [1.165, 1.54) is 13.8 Å². The highest BCUT2D eigenvalue weighted by Crippen LogP contribution is 2.17. The lowest BCUT2D eigenvalue weighted by Crippen LogP contribution is -2.46. The minimum atomic E-state index is -1.17. The van der Waals surface area contributed by atoms with E-state index in [2.05, 4.69) is 26.6 Å². The lowest BCUT2D eigenvalue weighted by atomic mass is 10.1. The number of carbonyl (C=O) groups excluding carboxylic acids is 2. The summed E-state index contributed by atoms with van der Waals surface area (Å²) in [6, 6.07) is 4.62. The zero-order valence-corrected chi connectivity index (χ0v) is 12.6. The van der Waals surface area contributed by atoms with Gasteiger partial charge >= 0.3 is 5.97 Å². The maximum absolute atomic E-state index is 11.8. The van der Waals surface area contributed by atoms with E-state index < -0.39 is 24.0 Å². The van der Waals surface area contributed by atoms with E-state index in [-0.39, 0.29) is 5.91 Å². The summed E-state index contributed by atoms with van der Waals surface area (Å²) in [6.45, 7) is 2.77. The Morgan fingerprint density at radius 2 is 1.70 bits per heavy atom. The van der Waals surface area contributed by atoms with Crippen LogP contribution in [0.1, 0.15) is 25.5 Å². The summed E-state index contributed by atoms with van der Waals surface area (Å²) in [6.07, 6.45) is 0. The Morgan fingerprint density at radius 1 is 1.15 bits per heavy atom. The molecule has 0 radical (unpaired) electrons. The average Bonchev–Trinajstić information content (AvgIpc) is 2.35. The van der Waals surface area contributed by atoms with Crippen LogP contribution in [0.5, 0.6) is 0 Å². The number of hydrogen-bond acceptors (Lipinski definition) is 3. The number of amides is 2. The topological polar surface area (TPSA) is 95.5 Å². The summed E-state index contributed by atoms with van der Waals surface area (Å²) in [7, 11) is 0. The van der Waals surface area contributed by atoms with Crippen LogP contribution >= 0.6 is 15.9 Å². The quantitative estimate of drug-likeness (QED) is 0.749. The highest BCUT2D eigenvalue weighted by Gasteiger charge is 2.24. The SMILES string of the molecule is CC(=O)NC(C)C(=O)NC(C(=O)O)c1ccc(Br)cc1. The van der Waals surface area contributed by atoms with E-state index in [0.29, 0.717) is 5.56 Å². The smallest absolute Gasteiger partial charge is 0.330 e. The fraction of sp³-hybridized carbons (Fsp3) is 0.308. The molecule has 0 aliphatic rings. The van der Waals surface area contributed by atoms with Gasteiger partial charge in [0.15, 0.2) is 6.04 Å². The summed E-state index contributed by atoms with van der Waals surface area (Å²) >= 11 is 3.25. The van der Waals surface area contributed by atoms with Crippen LogP contribution in [0.3, 0.4) is 0 Å². The maximum Gasteiger partial charge on any atom is 0.330 e. The van der Waals surface area contributed by atoms with E-state index in [4.69, 9.17) is 0 Å². The lowest BCUT2D eigenvalue weighted by molar-refractivity contribution is -0.142. The molecule has 1 aromatic carbocycles. The zero-order valence-electron chi connectivity index (χ0n) is 11.0. The van der Waals surface area contributed by atoms with Crippen molar-refractivity contribution in [2.24, 2.45) is 0 Å². The first-order valence-corrected chi connectivity index (χ1v) is 6.66. The minimum absolute atomic E-state index is 0.358. The van der Waals surface area contributed by atoms with E-state index >= 15 is 0 Å². The lowest BCUT2D eigenvalue weighted by Gasteiger charge is -2.18. The summed E-state index contributed by atoms with van der Waals surface area (Å²) < 4.78 is 0.809. The fourth-order valence-electron chi connectivity index (χ4n) is 1.58. The molecule has 0 saturated heterocycles. The second-order valence-electron chi connectivity index (χ2n) is 4.25. The van der Waals surface area contributed by atoms with Crippen molar-refractivity contribution in [3.8, 4) is 0 Å². The summed E-state index contributed by atoms with van der Waals surface area (Å²) in [5.41, 5.74) is 0.448. The van der Waals surface area contributed by atoms with Gasteiger partial charge in [-0.1, -0.05) is 28.1 Å². The summed E-state index contributed by atoms with van der Waals surface area (Å²) in [5.74, 6) is -2.09. The number of aliphatic carboxylic acids is 1. The standard InChI is InChI=1S/C13H15BrN2O4/c1-7(15-8(2)17)12(18)16-11(13(19)20)9-3-5-10(14)6-4-9/h3-7,11H,1-2H3,(H,15,17)(H,16,18)(H,19,20). The van der Waals surface area contributed by atoms with Crippen molar-refractivity contribution in [1.82, 2.24) is 10.6 Å². The van der Waals surface area contributed by atoms with Crippen LogP contribution in [0, 0.1) is 0 Å². The number of halogens is 1. The number of hydrogen-bond donors (Lipinski definition) is 3. The van der Waals surface area contributed by atoms with Gasteiger partial charge in [-0.25, -0.2) is 4.79 Å². The van der Waals surface area contributed by atoms with Gasteiger partial charge in [-0.05, 0) is 24.6 Å². The molecule has 0 heterocycles. The first kappa shape index (κ1) is 16.2. The molecule has 108 valence electrons. The molecule has 6 nitrogen and oxygen atoms in total. The second-order valence-corrected chi connectivity index (χ2v) is 5.17. The van der Waals surface area contributed by atoms with E-state index in [0.717, 1.165) is 4.47 Å². The number of carboxylic acid groups (broad SMARTS) is 1. The van der Waals surface area contributed by atoms with Gasteiger partial charge in [0.05, 0.1) is 0 Å². The molecular formula is C13H15BrN2O4. The van der Waals surface area contributed by atoms with Crippen molar-refractivity contribution in [3.05, 3.63) is 34.3 Å². The number of carbonyl (C=O) groups is 3. The molecule has 1 aromatic rings. The van der Waals surface area contributed by atoms with Crippen LogP contribution in [-0.4, -0.2) is 28.9 Å². The van der Waals surface area contributed by atoms with Crippen molar-refractivity contribution in [1.29, 1.82) is 0 Å². The predicted molar refractivity (Wildman–Crippen MR) is 75.9 cm³/mol. The highest BCUT2D eigenvalue weighted by atomic mass is 79.9. The normalized spacial score (nSPS) is 13.2. The molecule has 0 aliphatic heterocycles. The molecule has 2 amide bonds. The monoisotopic (exact) mass is 342 g/mol. The Kier molecular flexibility index (Phi) is 5.69. The number of benzene rings is 1. The highest BCUT2D eigenvalue weighted by molar-refractivity contribution is 9.10. The first-order valence-electron chi connectivity index (χ1n) is 5.87. The van der Waals surface area contributed by atoms with E-state index in [1.54, 1.807) is 24.3 Å². The molecule has 2 unspecified atom stereocenters. The Bertz CT molecular complexity index is 516. The van der Waals surface area contributed by atoms with Crippen LogP contribution in [0.25, 0.3) is 0 Å². The van der Waals surface area contributed by atoms with Gasteiger partial charge in [-0.2, -0.15) is 0 Å². The van der Waals surface area contributed by atoms with Gasteiger partial charge in [0.25, 0.3) is 0 Å². The molecule has 20 heavy (non-hydrogen) atoms. The van der Waals surface area contributed by atoms with Gasteiger partial charge in [0.2, 0.25) is 11.8 Å². The van der Waals surface area contributed by atoms with Crippen molar-refractivity contribution >= 4 is 33.7 Å². The largest absolute Gasteiger partial charge is 0.479 e. The first-order chi connectivity index (χ1) is 9.31. The molecule has 0 spiro atoms. The molecule has 0 aromatic heterocycles. The van der Waals surface area contributed by atoms with Crippen LogP contribution in [0.4, 0.5) is 0 Å². The molecule has 0 fully saturated rings. The molecule has 1 rings (SSSR count). The Hall–Kier alpha value is -1.89. The van der Waals surface area contributed by atoms with Crippen LogP contribution < -0.4 is 10.6 Å². The van der Waals surface area contributed by atoms with Gasteiger partial charge in [-0.3, -0.25) is 9.59 Å². The van der Waals surface area contributed by atoms with Gasteiger partial charge in [-0.15, -0.1) is 0 Å². The Labute approximate surface area is 124 Å². The minimum Gasteiger partial charge on any atom is -0.479 e. The van der Waals surface area contributed by atoms with Crippen molar-refractivity contribution in [2.75, 3.05) is 0 Å². The third kappa shape index (κ3) is 4.65. The third-order valence-corrected chi connectivity index (χ3v) is 3.08. The molecule has 2 atom stereocenters. The third-order valence-electron chi connectivity index (χ3n) is 2.55. The van der Waals surface area contributed by atoms with Crippen LogP contribution in [0.2, 0.25) is 0 Å². The van der Waals surface area contributed by atoms with Gasteiger partial charge in [0, 0.05) is 11.4 Å². The van der Waals surface area contributed by atoms with E-state index in [1.807, 2.05) is 0 Å². The van der Waals surface area contributed by atoms with Crippen LogP contribution in [0.15, 0.2) is 28.7 Å². The van der Waals surface area contributed by atoms with Crippen molar-refractivity contribution in [3.63, 3.8) is 0 Å². The van der Waals surface area contributed by atoms with Crippen molar-refractivity contribution in [2.45, 2.75) is 25.9 Å². The van der Waals surface area contributed by atoms with Gasteiger partial charge < -0.3 is 15.7 Å². The summed E-state index contributed by atoms with van der Waals surface area (Å²) in [5, 5.41) is 14.0.